The number of carbonyl (C=O) groups is 1. The molecule has 0 N–H and O–H groups in total. The Bertz CT molecular complexity index is 390. The van der Waals surface area contributed by atoms with Crippen molar-refractivity contribution in [1.82, 2.24) is 0 Å². The van der Waals surface area contributed by atoms with Crippen molar-refractivity contribution in [2.45, 2.75) is 124 Å². The highest BCUT2D eigenvalue weighted by Crippen LogP contribution is 2.58. The Morgan fingerprint density at radius 3 is 1.43 bits per heavy atom. The zero-order valence-electron chi connectivity index (χ0n) is 20.9. The number of hydrogen-bond donors (Lipinski definition) is 0. The van der Waals surface area contributed by atoms with Crippen molar-refractivity contribution < 1.29 is 9.53 Å². The normalized spacial score (nSPS) is 11.6. The minimum atomic E-state index is -0.924. The summed E-state index contributed by atoms with van der Waals surface area (Å²) in [4.78, 5) is 11.3. The Kier molecular flexibility index (Phi) is 21.6. The Morgan fingerprint density at radius 1 is 0.667 bits per heavy atom. The molecule has 0 aliphatic heterocycles. The maximum Gasteiger partial charge on any atom is 0.330 e. The van der Waals surface area contributed by atoms with Gasteiger partial charge in [-0.3, -0.25) is 0 Å². The van der Waals surface area contributed by atoms with Gasteiger partial charge in [-0.05, 0) is 26.7 Å². The lowest BCUT2D eigenvalue weighted by Gasteiger charge is -2.25. The van der Waals surface area contributed by atoms with Gasteiger partial charge in [-0.2, -0.15) is 0 Å². The molecule has 30 heavy (non-hydrogen) atoms. The van der Waals surface area contributed by atoms with Crippen LogP contribution in [0.25, 0.3) is 0 Å². The molecular weight excluding hydrogens is 387 g/mol. The molecule has 0 aromatic carbocycles. The summed E-state index contributed by atoms with van der Waals surface area (Å²) >= 11 is 0. The Morgan fingerprint density at radius 2 is 1.07 bits per heavy atom. The third-order valence-corrected chi connectivity index (χ3v) is 11.9. The van der Waals surface area contributed by atoms with Crippen LogP contribution in [0.1, 0.15) is 124 Å². The average Bonchev–Trinajstić information content (AvgIpc) is 2.77. The smallest absolute Gasteiger partial charge is 0.330 e. The van der Waals surface area contributed by atoms with Gasteiger partial charge < -0.3 is 4.74 Å². The number of rotatable bonds is 23. The van der Waals surface area contributed by atoms with E-state index in [2.05, 4.69) is 27.4 Å². The van der Waals surface area contributed by atoms with Gasteiger partial charge in [0.05, 0.1) is 24.6 Å². The Hall–Kier alpha value is -0.360. The number of esters is 1. The molecule has 0 aromatic heterocycles. The topological polar surface area (TPSA) is 26.3 Å². The van der Waals surface area contributed by atoms with Crippen molar-refractivity contribution in [3.63, 3.8) is 0 Å². The van der Waals surface area contributed by atoms with E-state index in [1.165, 1.54) is 127 Å². The summed E-state index contributed by atoms with van der Waals surface area (Å²) in [6.45, 7) is 11.0. The van der Waals surface area contributed by atoms with Gasteiger partial charge in [-0.15, -0.1) is 0 Å². The molecule has 0 bridgehead atoms. The summed E-state index contributed by atoms with van der Waals surface area (Å²) in [5, 5.41) is 0. The third-order valence-electron chi connectivity index (χ3n) is 6.80. The minimum Gasteiger partial charge on any atom is -0.459 e. The average molecular weight is 442 g/mol. The number of unbranched alkanes of at least 4 members (excludes halogenated alkanes) is 15. The largest absolute Gasteiger partial charge is 0.459 e. The van der Waals surface area contributed by atoms with Gasteiger partial charge in [0.25, 0.3) is 0 Å². The monoisotopic (exact) mass is 441 g/mol. The molecule has 0 atom stereocenters. The lowest BCUT2D eigenvalue weighted by Crippen LogP contribution is -2.15. The lowest BCUT2D eigenvalue weighted by molar-refractivity contribution is -0.137. The van der Waals surface area contributed by atoms with Crippen LogP contribution in [0.5, 0.6) is 0 Å². The molecule has 0 saturated carbocycles. The van der Waals surface area contributed by atoms with Gasteiger partial charge in [0.15, 0.2) is 0 Å². The van der Waals surface area contributed by atoms with E-state index in [-0.39, 0.29) is 5.97 Å². The molecule has 0 unspecified atom stereocenters. The Labute approximate surface area is 190 Å². The van der Waals surface area contributed by atoms with Crippen LogP contribution in [0.3, 0.4) is 0 Å². The zero-order chi connectivity index (χ0) is 22.3. The molecule has 0 aliphatic carbocycles. The van der Waals surface area contributed by atoms with Gasteiger partial charge >= 0.3 is 5.97 Å². The second-order valence-corrected chi connectivity index (χ2v) is 13.9. The maximum atomic E-state index is 11.3. The molecule has 0 heterocycles. The zero-order valence-corrected chi connectivity index (χ0v) is 21.8. The van der Waals surface area contributed by atoms with Gasteiger partial charge in [-0.1, -0.05) is 103 Å². The van der Waals surface area contributed by atoms with E-state index in [9.17, 15) is 4.79 Å². The van der Waals surface area contributed by atoms with Crippen LogP contribution < -0.4 is 0 Å². The van der Waals surface area contributed by atoms with Crippen molar-refractivity contribution in [2.24, 2.45) is 0 Å². The van der Waals surface area contributed by atoms with Crippen LogP contribution in [0, 0.1) is 0 Å². The van der Waals surface area contributed by atoms with E-state index in [4.69, 9.17) is 4.74 Å². The maximum absolute atomic E-state index is 11.3. The van der Waals surface area contributed by atoms with Crippen LogP contribution in [0.2, 0.25) is 0 Å². The first-order valence-corrected chi connectivity index (χ1v) is 15.8. The number of ether oxygens (including phenoxy) is 1. The summed E-state index contributed by atoms with van der Waals surface area (Å²) in [6.07, 6.45) is 29.1. The quantitative estimate of drug-likeness (QED) is 0.0684. The first kappa shape index (κ1) is 29.6. The highest BCUT2D eigenvalue weighted by Gasteiger charge is 2.32. The van der Waals surface area contributed by atoms with Gasteiger partial charge in [-0.25, -0.2) is 4.79 Å². The molecular formula is C27H54O2P+. The molecule has 0 rings (SSSR count). The van der Waals surface area contributed by atoms with Crippen molar-refractivity contribution in [3.05, 3.63) is 12.7 Å². The van der Waals surface area contributed by atoms with Gasteiger partial charge in [0.2, 0.25) is 0 Å². The SMILES string of the molecule is C=CC(=O)OCC[P+](CC)(CC)CCCCCCCCCCCCCCCCCC. The summed E-state index contributed by atoms with van der Waals surface area (Å²) in [7, 11) is -0.924. The van der Waals surface area contributed by atoms with Crippen LogP contribution >= 0.6 is 7.26 Å². The first-order chi connectivity index (χ1) is 14.6. The van der Waals surface area contributed by atoms with Gasteiger partial charge in [0, 0.05) is 13.3 Å². The van der Waals surface area contributed by atoms with Crippen molar-refractivity contribution in [3.8, 4) is 0 Å². The molecule has 0 fully saturated rings. The highest BCUT2D eigenvalue weighted by molar-refractivity contribution is 7.75. The van der Waals surface area contributed by atoms with Gasteiger partial charge in [0.1, 0.15) is 6.61 Å². The van der Waals surface area contributed by atoms with Crippen LogP contribution in [0.4, 0.5) is 0 Å². The fourth-order valence-electron chi connectivity index (χ4n) is 4.36. The minimum absolute atomic E-state index is 0.275. The predicted molar refractivity (Wildman–Crippen MR) is 138 cm³/mol. The molecule has 0 saturated heterocycles. The van der Waals surface area contributed by atoms with Crippen molar-refractivity contribution >= 4 is 13.2 Å². The van der Waals surface area contributed by atoms with Crippen LogP contribution in [0.15, 0.2) is 12.7 Å². The van der Waals surface area contributed by atoms with Crippen LogP contribution in [-0.4, -0.2) is 37.2 Å². The predicted octanol–water partition coefficient (Wildman–Crippen LogP) is 9.03. The molecule has 0 aliphatic rings. The standard InChI is InChI=1S/C27H54O2P/c1-5-9-10-11-12-13-14-15-16-17-18-19-20-21-22-23-25-30(7-3,8-4)26-24-29-27(28)6-2/h6H,2,5,7-26H2,1,3-4H3/q+1. The fourth-order valence-corrected chi connectivity index (χ4v) is 7.67. The molecule has 178 valence electrons. The number of carbonyl (C=O) groups excluding carboxylic acids is 1. The van der Waals surface area contributed by atoms with Crippen molar-refractivity contribution in [1.29, 1.82) is 0 Å². The van der Waals surface area contributed by atoms with E-state index in [0.717, 1.165) is 6.16 Å². The summed E-state index contributed by atoms with van der Waals surface area (Å²) in [5.74, 6) is -0.275. The lowest BCUT2D eigenvalue weighted by atomic mass is 10.0. The molecule has 3 heteroatoms. The van der Waals surface area contributed by atoms with E-state index in [1.807, 2.05) is 0 Å². The summed E-state index contributed by atoms with van der Waals surface area (Å²) < 4.78 is 5.25. The fraction of sp³-hybridized carbons (Fsp3) is 0.889. The second kappa shape index (κ2) is 21.9. The molecule has 0 radical (unpaired) electrons. The van der Waals surface area contributed by atoms with E-state index >= 15 is 0 Å². The number of hydrogen-bond acceptors (Lipinski definition) is 2. The Balaban J connectivity index is 3.53. The van der Waals surface area contributed by atoms with Crippen LogP contribution in [-0.2, 0) is 9.53 Å². The second-order valence-electron chi connectivity index (χ2n) is 9.10. The first-order valence-electron chi connectivity index (χ1n) is 13.3. The van der Waals surface area contributed by atoms with E-state index < -0.39 is 7.26 Å². The molecule has 0 amide bonds. The molecule has 0 spiro atoms. The van der Waals surface area contributed by atoms with Crippen molar-refractivity contribution in [2.75, 3.05) is 31.3 Å². The third kappa shape index (κ3) is 17.3. The summed E-state index contributed by atoms with van der Waals surface area (Å²) in [5.41, 5.74) is 0. The summed E-state index contributed by atoms with van der Waals surface area (Å²) in [6, 6.07) is 0. The van der Waals surface area contributed by atoms with E-state index in [0.29, 0.717) is 6.61 Å². The van der Waals surface area contributed by atoms with E-state index in [1.54, 1.807) is 0 Å². The molecule has 0 aromatic rings. The molecule has 2 nitrogen and oxygen atoms in total. The highest BCUT2D eigenvalue weighted by atomic mass is 31.2.